The molecule has 0 spiro atoms. The van der Waals surface area contributed by atoms with Gasteiger partial charge in [-0.15, -0.1) is 0 Å². The van der Waals surface area contributed by atoms with Crippen molar-refractivity contribution < 1.29 is 23.8 Å². The number of anilines is 2. The molecule has 3 aromatic carbocycles. The lowest BCUT2D eigenvalue weighted by Gasteiger charge is -2.19. The molecule has 13 heteroatoms. The third-order valence-corrected chi connectivity index (χ3v) is 7.82. The van der Waals surface area contributed by atoms with Crippen molar-refractivity contribution in [3.8, 4) is 28.4 Å². The van der Waals surface area contributed by atoms with Crippen molar-refractivity contribution in [1.82, 2.24) is 15.3 Å². The van der Waals surface area contributed by atoms with E-state index < -0.39 is 17.2 Å². The number of fused-ring (bicyclic) bond motifs is 4. The highest BCUT2D eigenvalue weighted by Gasteiger charge is 2.29. The van der Waals surface area contributed by atoms with Gasteiger partial charge in [-0.1, -0.05) is 6.07 Å². The monoisotopic (exact) mass is 629 g/mol. The highest BCUT2D eigenvalue weighted by atomic mass is 16.5. The Hall–Kier alpha value is -5.59. The predicted octanol–water partition coefficient (Wildman–Crippen LogP) is 3.22. The number of nitrogens with one attached hydrogen (secondary N) is 5. The van der Waals surface area contributed by atoms with Crippen molar-refractivity contribution in [3.63, 3.8) is 0 Å². The highest BCUT2D eigenvalue weighted by molar-refractivity contribution is 5.93. The SMILES string of the molecule is COc1cc2c(c(OC)c1OC)-c1ccc(NCCCC(=O)Nc3ccc4[nH]c(=O)c(=O)[nH]c4c3)c(=O)cc1C(NC(C)=O)CC2. The molecule has 5 N–H and O–H groups in total. The van der Waals surface area contributed by atoms with E-state index in [1.807, 2.05) is 12.1 Å². The van der Waals surface area contributed by atoms with E-state index in [-0.39, 0.29) is 23.7 Å². The fourth-order valence-corrected chi connectivity index (χ4v) is 5.74. The minimum atomic E-state index is -0.778. The van der Waals surface area contributed by atoms with Crippen molar-refractivity contribution in [2.24, 2.45) is 0 Å². The summed E-state index contributed by atoms with van der Waals surface area (Å²) in [6, 6.07) is 11.3. The summed E-state index contributed by atoms with van der Waals surface area (Å²) in [6.07, 6.45) is 1.72. The molecule has 1 aromatic heterocycles. The van der Waals surface area contributed by atoms with Gasteiger partial charge in [-0.05, 0) is 72.4 Å². The molecule has 0 bridgehead atoms. The lowest BCUT2D eigenvalue weighted by Crippen LogP contribution is -2.28. The standard InChI is InChI=1S/C33H35N5O8/c1-17(39)35-22-10-7-18-14-27(44-2)30(45-3)31(46-4)29(18)20-9-12-24(26(40)16-21(20)22)34-13-5-6-28(41)36-19-8-11-23-25(15-19)38-33(43)32(42)37-23/h8-9,11-12,14-16,22H,5-7,10,13H2,1-4H3,(H,34,40)(H,35,39)(H,36,41)(H,37,42)(H,38,43). The molecule has 1 unspecified atom stereocenters. The number of hydrogen-bond donors (Lipinski definition) is 5. The number of carbonyl (C=O) groups excluding carboxylic acids is 2. The van der Waals surface area contributed by atoms with Crippen LogP contribution in [-0.4, -0.2) is 49.7 Å². The van der Waals surface area contributed by atoms with Gasteiger partial charge in [0.1, 0.15) is 0 Å². The van der Waals surface area contributed by atoms with Crippen LogP contribution in [0.3, 0.4) is 0 Å². The lowest BCUT2D eigenvalue weighted by molar-refractivity contribution is -0.119. The molecule has 1 aliphatic rings. The van der Waals surface area contributed by atoms with Gasteiger partial charge in [0.05, 0.1) is 44.1 Å². The fraction of sp³-hybridized carbons (Fsp3) is 0.303. The summed E-state index contributed by atoms with van der Waals surface area (Å²) < 4.78 is 17.0. The Morgan fingerprint density at radius 3 is 2.33 bits per heavy atom. The van der Waals surface area contributed by atoms with Crippen LogP contribution in [0.2, 0.25) is 0 Å². The number of methoxy groups -OCH3 is 3. The van der Waals surface area contributed by atoms with E-state index in [0.717, 1.165) is 16.7 Å². The minimum absolute atomic E-state index is 0.160. The number of ether oxygens (including phenoxy) is 3. The Balaban J connectivity index is 1.36. The zero-order valence-electron chi connectivity index (χ0n) is 25.9. The average Bonchev–Trinajstić information content (AvgIpc) is 3.27. The van der Waals surface area contributed by atoms with Crippen molar-refractivity contribution >= 4 is 34.2 Å². The van der Waals surface area contributed by atoms with E-state index in [1.165, 1.54) is 20.1 Å². The van der Waals surface area contributed by atoms with Crippen molar-refractivity contribution in [1.29, 1.82) is 0 Å². The van der Waals surface area contributed by atoms with Crippen LogP contribution in [0.15, 0.2) is 56.8 Å². The van der Waals surface area contributed by atoms with Gasteiger partial charge in [0.2, 0.25) is 23.0 Å². The Bertz CT molecular complexity index is 2000. The number of aryl methyl sites for hydroxylation is 1. The molecule has 0 radical (unpaired) electrons. The molecule has 0 saturated heterocycles. The first-order chi connectivity index (χ1) is 22.1. The topological polar surface area (TPSA) is 181 Å². The maximum absolute atomic E-state index is 13.5. The molecule has 2 amide bonds. The van der Waals surface area contributed by atoms with Crippen LogP contribution in [0.25, 0.3) is 22.2 Å². The van der Waals surface area contributed by atoms with Crippen LogP contribution in [-0.2, 0) is 16.0 Å². The number of rotatable bonds is 10. The Kier molecular flexibility index (Phi) is 9.40. The Morgan fingerprint density at radius 2 is 1.63 bits per heavy atom. The van der Waals surface area contributed by atoms with E-state index in [1.54, 1.807) is 38.5 Å². The number of benzene rings is 2. The van der Waals surface area contributed by atoms with E-state index in [0.29, 0.717) is 71.0 Å². The van der Waals surface area contributed by atoms with Gasteiger partial charge >= 0.3 is 11.1 Å². The number of H-pyrrole nitrogens is 2. The molecule has 5 rings (SSSR count). The first-order valence-electron chi connectivity index (χ1n) is 14.7. The predicted molar refractivity (Wildman–Crippen MR) is 174 cm³/mol. The van der Waals surface area contributed by atoms with Gasteiger partial charge < -0.3 is 40.1 Å². The molecule has 1 atom stereocenters. The number of aromatic nitrogens is 2. The molecule has 0 aliphatic heterocycles. The van der Waals surface area contributed by atoms with Crippen LogP contribution in [0.1, 0.15) is 43.4 Å². The van der Waals surface area contributed by atoms with E-state index in [4.69, 9.17) is 14.2 Å². The molecule has 1 aliphatic carbocycles. The third kappa shape index (κ3) is 6.58. The molecule has 1 heterocycles. The Morgan fingerprint density at radius 1 is 0.891 bits per heavy atom. The van der Waals surface area contributed by atoms with Gasteiger partial charge in [-0.2, -0.15) is 0 Å². The van der Waals surface area contributed by atoms with E-state index >= 15 is 0 Å². The van der Waals surface area contributed by atoms with Gasteiger partial charge in [0.15, 0.2) is 11.5 Å². The third-order valence-electron chi connectivity index (χ3n) is 7.82. The summed E-state index contributed by atoms with van der Waals surface area (Å²) in [5, 5.41) is 8.91. The molecule has 240 valence electrons. The fourth-order valence-electron chi connectivity index (χ4n) is 5.74. The molecular formula is C33H35N5O8. The van der Waals surface area contributed by atoms with Crippen LogP contribution in [0, 0.1) is 0 Å². The summed E-state index contributed by atoms with van der Waals surface area (Å²) in [5.41, 5.74) is 2.88. The summed E-state index contributed by atoms with van der Waals surface area (Å²) in [4.78, 5) is 66.3. The van der Waals surface area contributed by atoms with Crippen molar-refractivity contribution in [3.05, 3.63) is 84.5 Å². The quantitative estimate of drug-likeness (QED) is 0.130. The van der Waals surface area contributed by atoms with Gasteiger partial charge in [-0.25, -0.2) is 0 Å². The van der Waals surface area contributed by atoms with Crippen molar-refractivity contribution in [2.45, 2.75) is 38.6 Å². The zero-order valence-corrected chi connectivity index (χ0v) is 25.9. The first-order valence-corrected chi connectivity index (χ1v) is 14.7. The van der Waals surface area contributed by atoms with Crippen LogP contribution in [0.4, 0.5) is 11.4 Å². The van der Waals surface area contributed by atoms with Crippen molar-refractivity contribution in [2.75, 3.05) is 38.5 Å². The molecular weight excluding hydrogens is 594 g/mol. The molecule has 4 aromatic rings. The summed E-state index contributed by atoms with van der Waals surface area (Å²) in [5.74, 6) is 0.927. The maximum atomic E-state index is 13.5. The molecule has 13 nitrogen and oxygen atoms in total. The molecule has 46 heavy (non-hydrogen) atoms. The zero-order chi connectivity index (χ0) is 33.0. The maximum Gasteiger partial charge on any atom is 0.314 e. The molecule has 0 saturated carbocycles. The van der Waals surface area contributed by atoms with Crippen LogP contribution >= 0.6 is 0 Å². The minimum Gasteiger partial charge on any atom is -0.493 e. The van der Waals surface area contributed by atoms with E-state index in [9.17, 15) is 24.0 Å². The number of carbonyl (C=O) groups is 2. The van der Waals surface area contributed by atoms with E-state index in [2.05, 4.69) is 25.9 Å². The number of hydrogen-bond acceptors (Lipinski definition) is 9. The molecule has 0 fully saturated rings. The lowest BCUT2D eigenvalue weighted by atomic mass is 9.95. The summed E-state index contributed by atoms with van der Waals surface area (Å²) >= 11 is 0. The second kappa shape index (κ2) is 13.6. The van der Waals surface area contributed by atoms with Crippen LogP contribution in [0.5, 0.6) is 17.2 Å². The Labute approximate surface area is 263 Å². The first kappa shape index (κ1) is 31.8. The largest absolute Gasteiger partial charge is 0.493 e. The smallest absolute Gasteiger partial charge is 0.314 e. The van der Waals surface area contributed by atoms with Gasteiger partial charge in [0, 0.05) is 31.1 Å². The second-order valence-corrected chi connectivity index (χ2v) is 10.8. The normalized spacial score (nSPS) is 13.5. The number of amides is 2. The van der Waals surface area contributed by atoms with Crippen LogP contribution < -0.4 is 46.7 Å². The summed E-state index contributed by atoms with van der Waals surface area (Å²) in [7, 11) is 4.62. The second-order valence-electron chi connectivity index (χ2n) is 10.8. The average molecular weight is 630 g/mol. The highest BCUT2D eigenvalue weighted by Crippen LogP contribution is 2.50. The van der Waals surface area contributed by atoms with Gasteiger partial charge in [-0.3, -0.25) is 24.0 Å². The summed E-state index contributed by atoms with van der Waals surface area (Å²) in [6.45, 7) is 1.78. The van der Waals surface area contributed by atoms with Gasteiger partial charge in [0.25, 0.3) is 0 Å². The number of aromatic amines is 2.